The molecule has 0 fully saturated rings. The highest BCUT2D eigenvalue weighted by atomic mass is 16.6. The molecule has 3 N–H and O–H groups in total. The fourth-order valence-electron chi connectivity index (χ4n) is 2.60. The predicted molar refractivity (Wildman–Crippen MR) is 108 cm³/mol. The number of benzene rings is 2. The number of aliphatic hydroxyl groups is 2. The van der Waals surface area contributed by atoms with Crippen LogP contribution < -0.4 is 10.1 Å². The van der Waals surface area contributed by atoms with E-state index in [2.05, 4.69) is 15.5 Å². The monoisotopic (exact) mass is 412 g/mol. The Morgan fingerprint density at radius 1 is 1.20 bits per heavy atom. The first-order valence-electron chi connectivity index (χ1n) is 9.48. The van der Waals surface area contributed by atoms with Gasteiger partial charge in [0.1, 0.15) is 18.0 Å². The fourth-order valence-corrected chi connectivity index (χ4v) is 2.60. The number of nitrogens with zero attached hydrogens (tertiary/aromatic N) is 3. The maximum Gasteiger partial charge on any atom is 0.414 e. The number of hydrogen-bond acceptors (Lipinski definition) is 8. The van der Waals surface area contributed by atoms with Crippen LogP contribution in [0, 0.1) is 0 Å². The molecule has 158 valence electrons. The molecule has 0 saturated heterocycles. The van der Waals surface area contributed by atoms with E-state index in [1.54, 1.807) is 55.6 Å². The lowest BCUT2D eigenvalue weighted by Crippen LogP contribution is -2.29. The topological polar surface area (TPSA) is 121 Å². The van der Waals surface area contributed by atoms with E-state index in [0.717, 1.165) is 0 Å². The van der Waals surface area contributed by atoms with Crippen molar-refractivity contribution in [2.45, 2.75) is 19.2 Å². The van der Waals surface area contributed by atoms with Gasteiger partial charge < -0.3 is 24.4 Å². The lowest BCUT2D eigenvalue weighted by Gasteiger charge is -2.18. The minimum Gasteiger partial charge on any atom is -0.410 e. The van der Waals surface area contributed by atoms with Crippen LogP contribution in [-0.2, 0) is 0 Å². The molecule has 2 aromatic carbocycles. The Morgan fingerprint density at radius 2 is 1.90 bits per heavy atom. The van der Waals surface area contributed by atoms with Crippen LogP contribution in [0.2, 0.25) is 0 Å². The molecule has 0 saturated carbocycles. The summed E-state index contributed by atoms with van der Waals surface area (Å²) in [6.45, 7) is 2.05. The smallest absolute Gasteiger partial charge is 0.410 e. The summed E-state index contributed by atoms with van der Waals surface area (Å²) in [6, 6.07) is 14.9. The first-order valence-corrected chi connectivity index (χ1v) is 9.48. The van der Waals surface area contributed by atoms with Crippen molar-refractivity contribution in [2.24, 2.45) is 0 Å². The van der Waals surface area contributed by atoms with E-state index in [1.165, 1.54) is 4.90 Å². The molecule has 30 heavy (non-hydrogen) atoms. The zero-order valence-electron chi connectivity index (χ0n) is 16.7. The molecule has 0 radical (unpaired) electrons. The summed E-state index contributed by atoms with van der Waals surface area (Å²) in [7, 11) is 1.65. The van der Waals surface area contributed by atoms with Crippen molar-refractivity contribution in [3.05, 3.63) is 66.1 Å². The summed E-state index contributed by atoms with van der Waals surface area (Å²) in [6.07, 6.45) is -1.45. The van der Waals surface area contributed by atoms with Crippen molar-refractivity contribution in [2.75, 3.05) is 20.2 Å². The van der Waals surface area contributed by atoms with Gasteiger partial charge in [0.05, 0.1) is 6.61 Å². The normalized spacial score (nSPS) is 12.9. The third-order valence-corrected chi connectivity index (χ3v) is 4.50. The Bertz CT molecular complexity index is 946. The second-order valence-electron chi connectivity index (χ2n) is 6.58. The number of carbonyl (C=O) groups is 1. The molecular formula is C21H24N4O5. The first-order chi connectivity index (χ1) is 14.5. The fraction of sp³-hybridized carbons (Fsp3) is 0.286. The third kappa shape index (κ3) is 5.20. The van der Waals surface area contributed by atoms with Crippen molar-refractivity contribution in [1.82, 2.24) is 20.4 Å². The highest BCUT2D eigenvalue weighted by Gasteiger charge is 2.22. The third-order valence-electron chi connectivity index (χ3n) is 4.50. The standard InChI is InChI=1S/C21H24N4O5/c1-3-25(2)21(28)29-16-11-9-14(10-12-16)18-23-20(30-24-18)17(13-26)22-19(27)15-7-5-4-6-8-15/h4-12,17,19,22,26-27H,3,13H2,1-2H3/t17-,19?/m0/s1. The van der Waals surface area contributed by atoms with Crippen molar-refractivity contribution < 1.29 is 24.3 Å². The van der Waals surface area contributed by atoms with Gasteiger partial charge in [-0.15, -0.1) is 0 Å². The van der Waals surface area contributed by atoms with Crippen molar-refractivity contribution >= 4 is 6.09 Å². The summed E-state index contributed by atoms with van der Waals surface area (Å²) in [5.41, 5.74) is 1.29. The number of rotatable bonds is 8. The van der Waals surface area contributed by atoms with Crippen LogP contribution in [0.25, 0.3) is 11.4 Å². The summed E-state index contributed by atoms with van der Waals surface area (Å²) >= 11 is 0. The van der Waals surface area contributed by atoms with Gasteiger partial charge in [-0.3, -0.25) is 5.32 Å². The van der Waals surface area contributed by atoms with E-state index in [1.807, 2.05) is 13.0 Å². The average Bonchev–Trinajstić information content (AvgIpc) is 3.27. The minimum atomic E-state index is -1.01. The molecule has 0 aliphatic rings. The predicted octanol–water partition coefficient (Wildman–Crippen LogP) is 2.50. The number of amides is 1. The Labute approximate surface area is 173 Å². The Balaban J connectivity index is 1.68. The first kappa shape index (κ1) is 21.4. The molecule has 3 aromatic rings. The van der Waals surface area contributed by atoms with Crippen LogP contribution in [0.4, 0.5) is 4.79 Å². The lowest BCUT2D eigenvalue weighted by molar-refractivity contribution is 0.0935. The van der Waals surface area contributed by atoms with Gasteiger partial charge >= 0.3 is 6.09 Å². The Hall–Kier alpha value is -3.27. The average molecular weight is 412 g/mol. The largest absolute Gasteiger partial charge is 0.414 e. The molecule has 0 spiro atoms. The van der Waals surface area contributed by atoms with E-state index < -0.39 is 18.4 Å². The molecular weight excluding hydrogens is 388 g/mol. The van der Waals surface area contributed by atoms with Crippen LogP contribution in [0.15, 0.2) is 59.1 Å². The van der Waals surface area contributed by atoms with Gasteiger partial charge in [0, 0.05) is 19.2 Å². The number of ether oxygens (including phenoxy) is 1. The summed E-state index contributed by atoms with van der Waals surface area (Å²) in [5, 5.41) is 26.8. The van der Waals surface area contributed by atoms with Gasteiger partial charge in [0.15, 0.2) is 0 Å². The van der Waals surface area contributed by atoms with Crippen LogP contribution in [0.5, 0.6) is 5.75 Å². The molecule has 1 amide bonds. The maximum absolute atomic E-state index is 11.8. The van der Waals surface area contributed by atoms with Crippen LogP contribution >= 0.6 is 0 Å². The van der Waals surface area contributed by atoms with Gasteiger partial charge in [-0.05, 0) is 36.8 Å². The second-order valence-corrected chi connectivity index (χ2v) is 6.58. The van der Waals surface area contributed by atoms with Gasteiger partial charge in [-0.25, -0.2) is 4.79 Å². The molecule has 2 atom stereocenters. The SMILES string of the molecule is CCN(C)C(=O)Oc1ccc(-c2noc([C@H](CO)NC(O)c3ccccc3)n2)cc1. The minimum absolute atomic E-state index is 0.141. The zero-order chi connectivity index (χ0) is 21.5. The van der Waals surface area contributed by atoms with E-state index >= 15 is 0 Å². The van der Waals surface area contributed by atoms with Crippen molar-refractivity contribution in [3.8, 4) is 17.1 Å². The van der Waals surface area contributed by atoms with Crippen LogP contribution in [-0.4, -0.2) is 51.5 Å². The Morgan fingerprint density at radius 3 is 2.53 bits per heavy atom. The molecule has 1 unspecified atom stereocenters. The number of hydrogen-bond donors (Lipinski definition) is 3. The number of aromatic nitrogens is 2. The van der Waals surface area contributed by atoms with Crippen LogP contribution in [0.3, 0.4) is 0 Å². The maximum atomic E-state index is 11.8. The Kier molecular flexibility index (Phi) is 7.12. The summed E-state index contributed by atoms with van der Waals surface area (Å²) in [5.74, 6) is 0.846. The molecule has 1 aromatic heterocycles. The van der Waals surface area contributed by atoms with Gasteiger partial charge in [0.25, 0.3) is 0 Å². The van der Waals surface area contributed by atoms with E-state index in [-0.39, 0.29) is 12.5 Å². The molecule has 0 aliphatic carbocycles. The molecule has 0 aliphatic heterocycles. The van der Waals surface area contributed by atoms with Crippen molar-refractivity contribution in [1.29, 1.82) is 0 Å². The number of aliphatic hydroxyl groups excluding tert-OH is 2. The molecule has 9 heteroatoms. The highest BCUT2D eigenvalue weighted by molar-refractivity contribution is 5.70. The number of carbonyl (C=O) groups excluding carboxylic acids is 1. The quantitative estimate of drug-likeness (QED) is 0.483. The lowest BCUT2D eigenvalue weighted by atomic mass is 10.2. The van der Waals surface area contributed by atoms with E-state index in [9.17, 15) is 15.0 Å². The summed E-state index contributed by atoms with van der Waals surface area (Å²) in [4.78, 5) is 17.6. The summed E-state index contributed by atoms with van der Waals surface area (Å²) < 4.78 is 10.5. The van der Waals surface area contributed by atoms with Gasteiger partial charge in [0.2, 0.25) is 11.7 Å². The molecule has 1 heterocycles. The highest BCUT2D eigenvalue weighted by Crippen LogP contribution is 2.23. The molecule has 3 rings (SSSR count). The zero-order valence-corrected chi connectivity index (χ0v) is 16.7. The van der Waals surface area contributed by atoms with E-state index in [4.69, 9.17) is 9.26 Å². The van der Waals surface area contributed by atoms with E-state index in [0.29, 0.717) is 29.2 Å². The molecule has 9 nitrogen and oxygen atoms in total. The van der Waals surface area contributed by atoms with Crippen molar-refractivity contribution in [3.63, 3.8) is 0 Å². The molecule has 0 bridgehead atoms. The van der Waals surface area contributed by atoms with Gasteiger partial charge in [-0.2, -0.15) is 4.98 Å². The van der Waals surface area contributed by atoms with Gasteiger partial charge in [-0.1, -0.05) is 35.5 Å². The second kappa shape index (κ2) is 9.97. The number of nitrogens with one attached hydrogen (secondary N) is 1. The van der Waals surface area contributed by atoms with Crippen LogP contribution in [0.1, 0.15) is 30.6 Å².